The van der Waals surface area contributed by atoms with E-state index in [1.165, 1.54) is 30.6 Å². The van der Waals surface area contributed by atoms with Crippen molar-refractivity contribution >= 4 is 34.0 Å². The number of amides is 1. The van der Waals surface area contributed by atoms with Gasteiger partial charge in [0, 0.05) is 16.9 Å². The number of carbonyl (C=O) groups is 1. The first kappa shape index (κ1) is 16.4. The molecule has 1 aromatic carbocycles. The van der Waals surface area contributed by atoms with E-state index in [2.05, 4.69) is 15.2 Å². The molecule has 1 N–H and O–H groups in total. The van der Waals surface area contributed by atoms with Gasteiger partial charge in [-0.15, -0.1) is 11.3 Å². The summed E-state index contributed by atoms with van der Waals surface area (Å²) in [6, 6.07) is 7.33. The van der Waals surface area contributed by atoms with Crippen LogP contribution in [0.15, 0.2) is 29.6 Å². The summed E-state index contributed by atoms with van der Waals surface area (Å²) in [6.45, 7) is 3.18. The summed E-state index contributed by atoms with van der Waals surface area (Å²) in [5.41, 5.74) is 1.98. The quantitative estimate of drug-likeness (QED) is 0.888. The molecule has 2 heterocycles. The number of hydrogen-bond donors (Lipinski definition) is 1. The molecule has 1 amide bonds. The highest BCUT2D eigenvalue weighted by Gasteiger charge is 2.13. The maximum Gasteiger partial charge on any atom is 0.230 e. The molecule has 1 aliphatic heterocycles. The first-order chi connectivity index (χ1) is 11.2. The van der Waals surface area contributed by atoms with Crippen molar-refractivity contribution in [2.75, 3.05) is 18.4 Å². The molecule has 0 unspecified atom stereocenters. The van der Waals surface area contributed by atoms with E-state index in [9.17, 15) is 4.79 Å². The lowest BCUT2D eigenvalue weighted by atomic mass is 10.1. The standard InChI is InChI=1S/C17H20ClN3OS/c18-14-6-4-13(5-7-14)10-16(22)20-17-19-15(12-23-17)11-21-8-2-1-3-9-21/h4-7,12H,1-3,8-11H2,(H,19,20,22). The first-order valence-electron chi connectivity index (χ1n) is 7.90. The Bertz CT molecular complexity index is 650. The fourth-order valence-electron chi connectivity index (χ4n) is 2.73. The number of likely N-dealkylation sites (tertiary alicyclic amines) is 1. The number of thiazole rings is 1. The molecule has 0 radical (unpaired) electrons. The van der Waals surface area contributed by atoms with Crippen LogP contribution >= 0.6 is 22.9 Å². The van der Waals surface area contributed by atoms with Gasteiger partial charge in [-0.1, -0.05) is 30.2 Å². The van der Waals surface area contributed by atoms with Gasteiger partial charge in [0.2, 0.25) is 5.91 Å². The molecule has 1 aromatic heterocycles. The number of anilines is 1. The maximum atomic E-state index is 12.1. The zero-order valence-electron chi connectivity index (χ0n) is 12.9. The van der Waals surface area contributed by atoms with Gasteiger partial charge < -0.3 is 5.32 Å². The summed E-state index contributed by atoms with van der Waals surface area (Å²) < 4.78 is 0. The molecule has 3 rings (SSSR count). The van der Waals surface area contributed by atoms with Gasteiger partial charge in [0.05, 0.1) is 12.1 Å². The van der Waals surface area contributed by atoms with Crippen molar-refractivity contribution in [3.8, 4) is 0 Å². The molecule has 0 aliphatic carbocycles. The van der Waals surface area contributed by atoms with Crippen LogP contribution in [0.25, 0.3) is 0 Å². The SMILES string of the molecule is O=C(Cc1ccc(Cl)cc1)Nc1nc(CN2CCCCC2)cs1. The number of piperidine rings is 1. The molecule has 0 atom stereocenters. The van der Waals surface area contributed by atoms with E-state index in [1.54, 1.807) is 12.1 Å². The molecule has 1 aliphatic rings. The summed E-state index contributed by atoms with van der Waals surface area (Å²) in [7, 11) is 0. The van der Waals surface area contributed by atoms with E-state index >= 15 is 0 Å². The Morgan fingerprint density at radius 1 is 1.22 bits per heavy atom. The van der Waals surface area contributed by atoms with Crippen molar-refractivity contribution in [3.05, 3.63) is 45.9 Å². The number of halogens is 1. The predicted octanol–water partition coefficient (Wildman–Crippen LogP) is 3.96. The third kappa shape index (κ3) is 5.03. The highest BCUT2D eigenvalue weighted by atomic mass is 35.5. The fourth-order valence-corrected chi connectivity index (χ4v) is 3.58. The van der Waals surface area contributed by atoms with Crippen LogP contribution in [0.4, 0.5) is 5.13 Å². The van der Waals surface area contributed by atoms with Crippen LogP contribution in [0.2, 0.25) is 5.02 Å². The molecule has 0 saturated carbocycles. The molecule has 2 aromatic rings. The second-order valence-electron chi connectivity index (χ2n) is 5.83. The van der Waals surface area contributed by atoms with Crippen LogP contribution in [0.3, 0.4) is 0 Å². The molecule has 1 fully saturated rings. The van der Waals surface area contributed by atoms with Crippen molar-refractivity contribution in [2.45, 2.75) is 32.2 Å². The summed E-state index contributed by atoms with van der Waals surface area (Å²) in [5.74, 6) is -0.0498. The molecule has 122 valence electrons. The zero-order valence-corrected chi connectivity index (χ0v) is 14.5. The Morgan fingerprint density at radius 3 is 2.70 bits per heavy atom. The van der Waals surface area contributed by atoms with Gasteiger partial charge in [-0.2, -0.15) is 0 Å². The average Bonchev–Trinajstić information content (AvgIpc) is 2.97. The second kappa shape index (κ2) is 7.90. The highest BCUT2D eigenvalue weighted by Crippen LogP contribution is 2.19. The molecular weight excluding hydrogens is 330 g/mol. The minimum atomic E-state index is -0.0498. The Balaban J connectivity index is 1.51. The summed E-state index contributed by atoms with van der Waals surface area (Å²) in [6.07, 6.45) is 4.21. The van der Waals surface area contributed by atoms with Crippen LogP contribution in [-0.2, 0) is 17.8 Å². The van der Waals surface area contributed by atoms with Crippen LogP contribution in [0.1, 0.15) is 30.5 Å². The predicted molar refractivity (Wildman–Crippen MR) is 95.0 cm³/mol. The lowest BCUT2D eigenvalue weighted by Crippen LogP contribution is -2.29. The van der Waals surface area contributed by atoms with Crippen molar-refractivity contribution < 1.29 is 4.79 Å². The van der Waals surface area contributed by atoms with Gasteiger partial charge in [-0.25, -0.2) is 4.98 Å². The Labute approximate surface area is 145 Å². The lowest BCUT2D eigenvalue weighted by Gasteiger charge is -2.25. The number of hydrogen-bond acceptors (Lipinski definition) is 4. The largest absolute Gasteiger partial charge is 0.302 e. The van der Waals surface area contributed by atoms with Crippen molar-refractivity contribution in [2.24, 2.45) is 0 Å². The van der Waals surface area contributed by atoms with E-state index in [0.29, 0.717) is 16.6 Å². The van der Waals surface area contributed by atoms with Gasteiger partial charge in [0.1, 0.15) is 0 Å². The Kier molecular flexibility index (Phi) is 5.65. The van der Waals surface area contributed by atoms with E-state index in [0.717, 1.165) is 30.9 Å². The summed E-state index contributed by atoms with van der Waals surface area (Å²) in [4.78, 5) is 19.0. The molecule has 4 nitrogen and oxygen atoms in total. The van der Waals surface area contributed by atoms with Gasteiger partial charge in [0.15, 0.2) is 5.13 Å². The number of nitrogens with zero attached hydrogens (tertiary/aromatic N) is 2. The second-order valence-corrected chi connectivity index (χ2v) is 7.13. The Morgan fingerprint density at radius 2 is 1.96 bits per heavy atom. The van der Waals surface area contributed by atoms with Crippen molar-refractivity contribution in [3.63, 3.8) is 0 Å². The van der Waals surface area contributed by atoms with Gasteiger partial charge >= 0.3 is 0 Å². The normalized spacial score (nSPS) is 15.5. The summed E-state index contributed by atoms with van der Waals surface area (Å²) in [5, 5.41) is 6.27. The van der Waals surface area contributed by atoms with Crippen molar-refractivity contribution in [1.82, 2.24) is 9.88 Å². The van der Waals surface area contributed by atoms with Crippen molar-refractivity contribution in [1.29, 1.82) is 0 Å². The molecule has 6 heteroatoms. The average molecular weight is 350 g/mol. The van der Waals surface area contributed by atoms with Crippen LogP contribution < -0.4 is 5.32 Å². The van der Waals surface area contributed by atoms with Crippen LogP contribution in [0, 0.1) is 0 Å². The van der Waals surface area contributed by atoms with Crippen LogP contribution in [-0.4, -0.2) is 28.9 Å². The van der Waals surface area contributed by atoms with E-state index < -0.39 is 0 Å². The van der Waals surface area contributed by atoms with E-state index in [1.807, 2.05) is 17.5 Å². The monoisotopic (exact) mass is 349 g/mol. The number of rotatable bonds is 5. The molecule has 0 bridgehead atoms. The van der Waals surface area contributed by atoms with E-state index in [4.69, 9.17) is 11.6 Å². The number of benzene rings is 1. The smallest absolute Gasteiger partial charge is 0.230 e. The number of carbonyl (C=O) groups excluding carboxylic acids is 1. The minimum Gasteiger partial charge on any atom is -0.302 e. The third-order valence-corrected chi connectivity index (χ3v) is 4.97. The molecule has 1 saturated heterocycles. The number of aromatic nitrogens is 1. The van der Waals surface area contributed by atoms with Crippen LogP contribution in [0.5, 0.6) is 0 Å². The maximum absolute atomic E-state index is 12.1. The van der Waals surface area contributed by atoms with Gasteiger partial charge in [-0.3, -0.25) is 9.69 Å². The number of nitrogens with one attached hydrogen (secondary N) is 1. The Hall–Kier alpha value is -1.43. The fraction of sp³-hybridized carbons (Fsp3) is 0.412. The summed E-state index contributed by atoms with van der Waals surface area (Å²) >= 11 is 7.34. The molecular formula is C17H20ClN3OS. The lowest BCUT2D eigenvalue weighted by molar-refractivity contribution is -0.115. The highest BCUT2D eigenvalue weighted by molar-refractivity contribution is 7.13. The first-order valence-corrected chi connectivity index (χ1v) is 9.16. The minimum absolute atomic E-state index is 0.0498. The zero-order chi connectivity index (χ0) is 16.1. The molecule has 23 heavy (non-hydrogen) atoms. The third-order valence-electron chi connectivity index (χ3n) is 3.91. The topological polar surface area (TPSA) is 45.2 Å². The van der Waals surface area contributed by atoms with E-state index in [-0.39, 0.29) is 5.91 Å². The molecule has 0 spiro atoms. The van der Waals surface area contributed by atoms with Gasteiger partial charge in [-0.05, 0) is 43.6 Å². The van der Waals surface area contributed by atoms with Gasteiger partial charge in [0.25, 0.3) is 0 Å².